The molecule has 1 aromatic heterocycles. The highest BCUT2D eigenvalue weighted by Gasteiger charge is 2.19. The molecule has 0 saturated carbocycles. The number of ether oxygens (including phenoxy) is 2. The summed E-state index contributed by atoms with van der Waals surface area (Å²) in [6.45, 7) is -0.159. The van der Waals surface area contributed by atoms with Gasteiger partial charge in [0.25, 0.3) is 0 Å². The fourth-order valence-corrected chi connectivity index (χ4v) is 3.65. The number of hydrogen-bond donors (Lipinski definition) is 0. The van der Waals surface area contributed by atoms with E-state index >= 15 is 0 Å². The number of benzene rings is 2. The molecule has 0 aliphatic heterocycles. The second kappa shape index (κ2) is 8.71. The molecule has 3 rings (SSSR count). The van der Waals surface area contributed by atoms with Gasteiger partial charge in [-0.25, -0.2) is 17.6 Å². The molecule has 0 N–H and O–H groups in total. The van der Waals surface area contributed by atoms with Crippen molar-refractivity contribution in [1.82, 2.24) is 0 Å². The summed E-state index contributed by atoms with van der Waals surface area (Å²) >= 11 is 0. The summed E-state index contributed by atoms with van der Waals surface area (Å²) in [6.07, 6.45) is 0. The molecular weight excluding hydrogens is 387 g/mol. The van der Waals surface area contributed by atoms with Crippen LogP contribution in [0.25, 0.3) is 0 Å². The van der Waals surface area contributed by atoms with E-state index in [-0.39, 0.29) is 41.1 Å². The van der Waals surface area contributed by atoms with E-state index in [4.69, 9.17) is 13.9 Å². The van der Waals surface area contributed by atoms with Gasteiger partial charge in [0.1, 0.15) is 24.7 Å². The SMILES string of the molecule is O=C(OCCOc1ccccc1F)c1ccc(CS(=O)(=O)c2ccccc2)o1. The van der Waals surface area contributed by atoms with E-state index in [9.17, 15) is 17.6 Å². The smallest absolute Gasteiger partial charge is 0.374 e. The fraction of sp³-hybridized carbons (Fsp3) is 0.150. The number of hydrogen-bond acceptors (Lipinski definition) is 6. The van der Waals surface area contributed by atoms with Crippen molar-refractivity contribution in [3.8, 4) is 5.75 Å². The summed E-state index contributed by atoms with van der Waals surface area (Å²) in [7, 11) is -3.58. The Morgan fingerprint density at radius 3 is 2.39 bits per heavy atom. The molecule has 0 fully saturated rings. The lowest BCUT2D eigenvalue weighted by molar-refractivity contribution is 0.0411. The molecule has 28 heavy (non-hydrogen) atoms. The summed E-state index contributed by atoms with van der Waals surface area (Å²) in [5.74, 6) is -1.59. The van der Waals surface area contributed by atoms with Gasteiger partial charge in [-0.15, -0.1) is 0 Å². The van der Waals surface area contributed by atoms with Crippen molar-refractivity contribution >= 4 is 15.8 Å². The molecule has 146 valence electrons. The van der Waals surface area contributed by atoms with Gasteiger partial charge < -0.3 is 13.9 Å². The average Bonchev–Trinajstić information content (AvgIpc) is 3.15. The average molecular weight is 404 g/mol. The number of esters is 1. The number of halogens is 1. The minimum absolute atomic E-state index is 0.0391. The second-order valence-electron chi connectivity index (χ2n) is 5.75. The molecule has 0 bridgehead atoms. The molecule has 6 nitrogen and oxygen atoms in total. The van der Waals surface area contributed by atoms with Crippen LogP contribution in [0.3, 0.4) is 0 Å². The Morgan fingerprint density at radius 2 is 1.64 bits per heavy atom. The Bertz CT molecular complexity index is 1040. The van der Waals surface area contributed by atoms with E-state index in [1.807, 2.05) is 0 Å². The molecule has 1 heterocycles. The van der Waals surface area contributed by atoms with E-state index < -0.39 is 21.6 Å². The maximum atomic E-state index is 13.4. The van der Waals surface area contributed by atoms with Gasteiger partial charge in [-0.05, 0) is 36.4 Å². The highest BCUT2D eigenvalue weighted by atomic mass is 32.2. The van der Waals surface area contributed by atoms with Crippen molar-refractivity contribution in [3.05, 3.63) is 84.1 Å². The standard InChI is InChI=1S/C20H17FO6S/c21-17-8-4-5-9-18(17)25-12-13-26-20(22)19-11-10-15(27-19)14-28(23,24)16-6-2-1-3-7-16/h1-11H,12-14H2. The van der Waals surface area contributed by atoms with Crippen LogP contribution in [-0.4, -0.2) is 27.6 Å². The highest BCUT2D eigenvalue weighted by molar-refractivity contribution is 7.90. The molecule has 0 radical (unpaired) electrons. The highest BCUT2D eigenvalue weighted by Crippen LogP contribution is 2.19. The quantitative estimate of drug-likeness (QED) is 0.421. The minimum atomic E-state index is -3.58. The first kappa shape index (κ1) is 19.6. The normalized spacial score (nSPS) is 11.2. The Balaban J connectivity index is 1.52. The third-order valence-electron chi connectivity index (χ3n) is 3.71. The maximum Gasteiger partial charge on any atom is 0.374 e. The minimum Gasteiger partial charge on any atom is -0.487 e. The fourth-order valence-electron chi connectivity index (χ4n) is 2.38. The number of furan rings is 1. The van der Waals surface area contributed by atoms with Crippen LogP contribution in [0.2, 0.25) is 0 Å². The van der Waals surface area contributed by atoms with Crippen LogP contribution < -0.4 is 4.74 Å². The Morgan fingerprint density at radius 1 is 0.929 bits per heavy atom. The predicted molar refractivity (Wildman–Crippen MR) is 98.2 cm³/mol. The van der Waals surface area contributed by atoms with Crippen molar-refractivity contribution in [2.24, 2.45) is 0 Å². The van der Waals surface area contributed by atoms with Gasteiger partial charge in [-0.1, -0.05) is 30.3 Å². The van der Waals surface area contributed by atoms with Gasteiger partial charge in [-0.2, -0.15) is 0 Å². The predicted octanol–water partition coefficient (Wildman–Crippen LogP) is 3.63. The maximum absolute atomic E-state index is 13.4. The second-order valence-corrected chi connectivity index (χ2v) is 7.74. The molecule has 0 spiro atoms. The molecule has 0 amide bonds. The first-order valence-corrected chi connectivity index (χ1v) is 10.0. The number of para-hydroxylation sites is 1. The largest absolute Gasteiger partial charge is 0.487 e. The van der Waals surface area contributed by atoms with Crippen molar-refractivity contribution in [2.75, 3.05) is 13.2 Å². The van der Waals surface area contributed by atoms with Crippen molar-refractivity contribution in [2.45, 2.75) is 10.6 Å². The topological polar surface area (TPSA) is 82.8 Å². The van der Waals surface area contributed by atoms with Crippen LogP contribution in [0.4, 0.5) is 4.39 Å². The van der Waals surface area contributed by atoms with Crippen LogP contribution in [0, 0.1) is 5.82 Å². The molecule has 2 aromatic carbocycles. The number of sulfone groups is 1. The lowest BCUT2D eigenvalue weighted by atomic mass is 10.3. The summed E-state index contributed by atoms with van der Waals surface area (Å²) in [5.41, 5.74) is 0. The van der Waals surface area contributed by atoms with Crippen LogP contribution >= 0.6 is 0 Å². The number of rotatable bonds is 8. The van der Waals surface area contributed by atoms with Gasteiger partial charge in [-0.3, -0.25) is 0 Å². The van der Waals surface area contributed by atoms with Crippen molar-refractivity contribution < 1.29 is 31.5 Å². The van der Waals surface area contributed by atoms with Crippen molar-refractivity contribution in [1.29, 1.82) is 0 Å². The van der Waals surface area contributed by atoms with Crippen LogP contribution in [0.5, 0.6) is 5.75 Å². The van der Waals surface area contributed by atoms with E-state index in [0.717, 1.165) is 0 Å². The van der Waals surface area contributed by atoms with Crippen LogP contribution in [0.15, 0.2) is 76.0 Å². The van der Waals surface area contributed by atoms with E-state index in [1.54, 1.807) is 24.3 Å². The Kier molecular flexibility index (Phi) is 6.10. The van der Waals surface area contributed by atoms with Gasteiger partial charge in [0, 0.05) is 0 Å². The van der Waals surface area contributed by atoms with E-state index in [0.29, 0.717) is 0 Å². The molecule has 0 aliphatic rings. The lowest BCUT2D eigenvalue weighted by Crippen LogP contribution is -2.12. The summed E-state index contributed by atoms with van der Waals surface area (Å²) in [5, 5.41) is 0. The first-order valence-electron chi connectivity index (χ1n) is 8.37. The zero-order valence-electron chi connectivity index (χ0n) is 14.7. The van der Waals surface area contributed by atoms with Gasteiger partial charge in [0.05, 0.1) is 4.90 Å². The molecule has 0 atom stereocenters. The molecular formula is C20H17FO6S. The lowest BCUT2D eigenvalue weighted by Gasteiger charge is -2.07. The molecule has 0 saturated heterocycles. The third-order valence-corrected chi connectivity index (χ3v) is 5.36. The molecule has 8 heteroatoms. The Hall–Kier alpha value is -3.13. The van der Waals surface area contributed by atoms with Crippen LogP contribution in [0.1, 0.15) is 16.3 Å². The monoisotopic (exact) mass is 404 g/mol. The van der Waals surface area contributed by atoms with Gasteiger partial charge in [0.2, 0.25) is 5.76 Å². The van der Waals surface area contributed by atoms with Crippen molar-refractivity contribution in [3.63, 3.8) is 0 Å². The summed E-state index contributed by atoms with van der Waals surface area (Å²) in [6, 6.07) is 16.6. The molecule has 0 aliphatic carbocycles. The van der Waals surface area contributed by atoms with E-state index in [1.165, 1.54) is 42.5 Å². The third kappa shape index (κ3) is 4.98. The summed E-state index contributed by atoms with van der Waals surface area (Å²) in [4.78, 5) is 12.1. The number of carbonyl (C=O) groups excluding carboxylic acids is 1. The zero-order valence-corrected chi connectivity index (χ0v) is 15.5. The van der Waals surface area contributed by atoms with Gasteiger partial charge >= 0.3 is 5.97 Å². The first-order chi connectivity index (χ1) is 13.5. The van der Waals surface area contributed by atoms with Gasteiger partial charge in [0.15, 0.2) is 21.4 Å². The van der Waals surface area contributed by atoms with Crippen LogP contribution in [-0.2, 0) is 20.3 Å². The Labute approximate surface area is 161 Å². The number of carbonyl (C=O) groups is 1. The zero-order chi connectivity index (χ0) is 20.0. The summed E-state index contributed by atoms with van der Waals surface area (Å²) < 4.78 is 53.5. The molecule has 3 aromatic rings. The van der Waals surface area contributed by atoms with E-state index in [2.05, 4.69) is 0 Å². The molecule has 0 unspecified atom stereocenters.